The summed E-state index contributed by atoms with van der Waals surface area (Å²) < 4.78 is 1.93. The van der Waals surface area contributed by atoms with Crippen LogP contribution in [0, 0.1) is 6.92 Å². The smallest absolute Gasteiger partial charge is 0.262 e. The molecule has 1 fully saturated rings. The van der Waals surface area contributed by atoms with Crippen LogP contribution in [0.1, 0.15) is 48.8 Å². The fraction of sp³-hybridized carbons (Fsp3) is 0.421. The average Bonchev–Trinajstić information content (AvgIpc) is 3.06. The predicted molar refractivity (Wildman–Crippen MR) is 110 cm³/mol. The van der Waals surface area contributed by atoms with Crippen LogP contribution in [0.5, 0.6) is 0 Å². The predicted octanol–water partition coefficient (Wildman–Crippen LogP) is 5.61. The summed E-state index contributed by atoms with van der Waals surface area (Å²) in [5, 5.41) is 5.16. The Morgan fingerprint density at radius 3 is 2.81 bits per heavy atom. The molecule has 0 unspecified atom stereocenters. The van der Waals surface area contributed by atoms with Crippen molar-refractivity contribution >= 4 is 45.6 Å². The number of hydrogen-bond donors (Lipinski definition) is 0. The first kappa shape index (κ1) is 18.0. The standard InChI is InChI=1S/C19H20ClN3OS2/c1-12-21-14(10-25-12)11-26-19-22-17-9-13(20)7-8-16(17)18(24)23(19)15-5-3-2-4-6-15/h7-10,15H,2-6,11H2,1H3. The van der Waals surface area contributed by atoms with Crippen molar-refractivity contribution in [1.82, 2.24) is 14.5 Å². The number of thiazole rings is 1. The number of rotatable bonds is 4. The molecule has 1 aliphatic rings. The molecule has 4 nitrogen and oxygen atoms in total. The summed E-state index contributed by atoms with van der Waals surface area (Å²) >= 11 is 9.37. The number of nitrogens with zero attached hydrogens (tertiary/aromatic N) is 3. The molecule has 2 heterocycles. The highest BCUT2D eigenvalue weighted by Crippen LogP contribution is 2.32. The molecule has 2 aromatic heterocycles. The molecule has 0 radical (unpaired) electrons. The largest absolute Gasteiger partial charge is 0.284 e. The van der Waals surface area contributed by atoms with Crippen LogP contribution in [0.4, 0.5) is 0 Å². The molecule has 1 aliphatic carbocycles. The van der Waals surface area contributed by atoms with E-state index in [-0.39, 0.29) is 11.6 Å². The number of benzene rings is 1. The van der Waals surface area contributed by atoms with Gasteiger partial charge in [-0.05, 0) is 38.0 Å². The minimum Gasteiger partial charge on any atom is -0.284 e. The number of fused-ring (bicyclic) bond motifs is 1. The molecule has 0 N–H and O–H groups in total. The number of aromatic nitrogens is 3. The lowest BCUT2D eigenvalue weighted by Crippen LogP contribution is -2.29. The quantitative estimate of drug-likeness (QED) is 0.418. The van der Waals surface area contributed by atoms with E-state index in [1.54, 1.807) is 41.3 Å². The summed E-state index contributed by atoms with van der Waals surface area (Å²) in [6.07, 6.45) is 5.69. The number of aryl methyl sites for hydroxylation is 1. The number of halogens is 1. The van der Waals surface area contributed by atoms with Gasteiger partial charge in [0.15, 0.2) is 5.16 Å². The number of thioether (sulfide) groups is 1. The van der Waals surface area contributed by atoms with E-state index in [1.807, 2.05) is 11.5 Å². The first-order valence-electron chi connectivity index (χ1n) is 8.87. The van der Waals surface area contributed by atoms with Crippen LogP contribution in [0.3, 0.4) is 0 Å². The Kier molecular flexibility index (Phi) is 5.34. The monoisotopic (exact) mass is 405 g/mol. The second-order valence-electron chi connectivity index (χ2n) is 6.67. The Balaban J connectivity index is 1.77. The molecule has 1 saturated carbocycles. The molecule has 0 aliphatic heterocycles. The molecule has 0 amide bonds. The maximum absolute atomic E-state index is 13.2. The van der Waals surface area contributed by atoms with Gasteiger partial charge in [-0.1, -0.05) is 42.6 Å². The molecule has 26 heavy (non-hydrogen) atoms. The molecular formula is C19H20ClN3OS2. The Morgan fingerprint density at radius 2 is 2.08 bits per heavy atom. The van der Waals surface area contributed by atoms with Gasteiger partial charge in [-0.25, -0.2) is 9.97 Å². The SMILES string of the molecule is Cc1nc(CSc2nc3cc(Cl)ccc3c(=O)n2C2CCCCC2)cs1. The average molecular weight is 406 g/mol. The third-order valence-corrected chi connectivity index (χ3v) is 6.83. The van der Waals surface area contributed by atoms with Gasteiger partial charge in [0.25, 0.3) is 5.56 Å². The van der Waals surface area contributed by atoms with Gasteiger partial charge in [-0.3, -0.25) is 9.36 Å². The van der Waals surface area contributed by atoms with E-state index in [9.17, 15) is 4.79 Å². The van der Waals surface area contributed by atoms with Crippen molar-refractivity contribution in [2.75, 3.05) is 0 Å². The van der Waals surface area contributed by atoms with Crippen molar-refractivity contribution in [3.05, 3.63) is 49.7 Å². The third-order valence-electron chi connectivity index (χ3n) is 4.79. The van der Waals surface area contributed by atoms with Gasteiger partial charge in [0, 0.05) is 22.2 Å². The minimum absolute atomic E-state index is 0.0514. The fourth-order valence-electron chi connectivity index (χ4n) is 3.53. The van der Waals surface area contributed by atoms with Crippen LogP contribution < -0.4 is 5.56 Å². The van der Waals surface area contributed by atoms with E-state index in [0.717, 1.165) is 34.5 Å². The lowest BCUT2D eigenvalue weighted by Gasteiger charge is -2.26. The summed E-state index contributed by atoms with van der Waals surface area (Å²) in [6, 6.07) is 5.58. The zero-order valence-electron chi connectivity index (χ0n) is 14.6. The van der Waals surface area contributed by atoms with Crippen LogP contribution in [-0.2, 0) is 5.75 Å². The Morgan fingerprint density at radius 1 is 1.27 bits per heavy atom. The highest BCUT2D eigenvalue weighted by molar-refractivity contribution is 7.98. The van der Waals surface area contributed by atoms with Crippen molar-refractivity contribution in [3.63, 3.8) is 0 Å². The van der Waals surface area contributed by atoms with E-state index >= 15 is 0 Å². The molecule has 0 bridgehead atoms. The molecule has 7 heteroatoms. The second kappa shape index (κ2) is 7.71. The van der Waals surface area contributed by atoms with Crippen molar-refractivity contribution in [3.8, 4) is 0 Å². The Labute approximate surface area is 165 Å². The Hall–Kier alpha value is -1.37. The van der Waals surface area contributed by atoms with E-state index < -0.39 is 0 Å². The topological polar surface area (TPSA) is 47.8 Å². The summed E-state index contributed by atoms with van der Waals surface area (Å²) in [7, 11) is 0. The van der Waals surface area contributed by atoms with Crippen LogP contribution in [0.15, 0.2) is 33.5 Å². The first-order valence-corrected chi connectivity index (χ1v) is 11.1. The molecular weight excluding hydrogens is 386 g/mol. The molecule has 0 atom stereocenters. The maximum atomic E-state index is 13.2. The fourth-order valence-corrected chi connectivity index (χ4v) is 5.37. The molecule has 4 rings (SSSR count). The molecule has 136 valence electrons. The molecule has 0 spiro atoms. The van der Waals surface area contributed by atoms with Gasteiger partial charge < -0.3 is 0 Å². The highest BCUT2D eigenvalue weighted by atomic mass is 35.5. The molecule has 0 saturated heterocycles. The van der Waals surface area contributed by atoms with E-state index in [1.165, 1.54) is 19.3 Å². The van der Waals surface area contributed by atoms with Crippen molar-refractivity contribution in [1.29, 1.82) is 0 Å². The van der Waals surface area contributed by atoms with Crippen molar-refractivity contribution in [2.45, 2.75) is 56.0 Å². The van der Waals surface area contributed by atoms with E-state index in [4.69, 9.17) is 16.6 Å². The summed E-state index contributed by atoms with van der Waals surface area (Å²) in [5.41, 5.74) is 1.76. The van der Waals surface area contributed by atoms with Gasteiger partial charge >= 0.3 is 0 Å². The van der Waals surface area contributed by atoms with Crippen LogP contribution >= 0.6 is 34.7 Å². The van der Waals surface area contributed by atoms with E-state index in [0.29, 0.717) is 15.9 Å². The molecule has 3 aromatic rings. The van der Waals surface area contributed by atoms with Gasteiger partial charge in [0.2, 0.25) is 0 Å². The van der Waals surface area contributed by atoms with Gasteiger partial charge in [-0.2, -0.15) is 0 Å². The first-order chi connectivity index (χ1) is 12.6. The summed E-state index contributed by atoms with van der Waals surface area (Å²) in [4.78, 5) is 22.6. The Bertz CT molecular complexity index is 992. The van der Waals surface area contributed by atoms with E-state index in [2.05, 4.69) is 10.4 Å². The third kappa shape index (κ3) is 3.68. The minimum atomic E-state index is 0.0514. The molecule has 1 aromatic carbocycles. The van der Waals surface area contributed by atoms with Gasteiger partial charge in [-0.15, -0.1) is 11.3 Å². The van der Waals surface area contributed by atoms with Crippen molar-refractivity contribution < 1.29 is 0 Å². The van der Waals surface area contributed by atoms with Crippen LogP contribution in [0.2, 0.25) is 5.02 Å². The summed E-state index contributed by atoms with van der Waals surface area (Å²) in [6.45, 7) is 2.01. The lowest BCUT2D eigenvalue weighted by molar-refractivity contribution is 0.326. The van der Waals surface area contributed by atoms with Gasteiger partial charge in [0.1, 0.15) is 0 Å². The van der Waals surface area contributed by atoms with Crippen LogP contribution in [0.25, 0.3) is 10.9 Å². The summed E-state index contributed by atoms with van der Waals surface area (Å²) in [5.74, 6) is 0.718. The maximum Gasteiger partial charge on any atom is 0.262 e. The number of hydrogen-bond acceptors (Lipinski definition) is 5. The second-order valence-corrected chi connectivity index (χ2v) is 9.11. The normalized spacial score (nSPS) is 15.6. The zero-order chi connectivity index (χ0) is 18.1. The van der Waals surface area contributed by atoms with Gasteiger partial charge in [0.05, 0.1) is 21.6 Å². The van der Waals surface area contributed by atoms with Crippen molar-refractivity contribution in [2.24, 2.45) is 0 Å². The highest BCUT2D eigenvalue weighted by Gasteiger charge is 2.22. The zero-order valence-corrected chi connectivity index (χ0v) is 17.0. The lowest BCUT2D eigenvalue weighted by atomic mass is 9.95. The van der Waals surface area contributed by atoms with Crippen LogP contribution in [-0.4, -0.2) is 14.5 Å².